The third kappa shape index (κ3) is 5.90. The van der Waals surface area contributed by atoms with Crippen LogP contribution in [0.4, 0.5) is 5.69 Å². The van der Waals surface area contributed by atoms with E-state index in [0.717, 1.165) is 16.7 Å². The quantitative estimate of drug-likeness (QED) is 0.690. The van der Waals surface area contributed by atoms with E-state index in [2.05, 4.69) is 10.0 Å². The Bertz CT molecular complexity index is 986. The minimum absolute atomic E-state index is 0.0636. The van der Waals surface area contributed by atoms with Crippen LogP contribution in [0.2, 0.25) is 0 Å². The van der Waals surface area contributed by atoms with E-state index >= 15 is 0 Å². The summed E-state index contributed by atoms with van der Waals surface area (Å²) in [5, 5.41) is 2.64. The number of aryl methyl sites for hydroxylation is 3. The van der Waals surface area contributed by atoms with Crippen LogP contribution in [0.5, 0.6) is 0 Å². The fourth-order valence-corrected chi connectivity index (χ4v) is 3.43. The highest BCUT2D eigenvalue weighted by Gasteiger charge is 2.21. The first-order valence-electron chi connectivity index (χ1n) is 8.72. The summed E-state index contributed by atoms with van der Waals surface area (Å²) in [7, 11) is -3.86. The van der Waals surface area contributed by atoms with E-state index in [-0.39, 0.29) is 4.90 Å². The topological polar surface area (TPSA) is 102 Å². The highest BCUT2D eigenvalue weighted by Crippen LogP contribution is 2.14. The number of carbonyl (C=O) groups is 2. The van der Waals surface area contributed by atoms with Gasteiger partial charge in [0.25, 0.3) is 5.91 Å². The third-order valence-electron chi connectivity index (χ3n) is 4.16. The van der Waals surface area contributed by atoms with Crippen molar-refractivity contribution in [3.63, 3.8) is 0 Å². The predicted molar refractivity (Wildman–Crippen MR) is 106 cm³/mol. The van der Waals surface area contributed by atoms with Gasteiger partial charge in [-0.1, -0.05) is 18.2 Å². The van der Waals surface area contributed by atoms with Gasteiger partial charge in [-0.2, -0.15) is 4.72 Å². The molecule has 1 amide bonds. The fraction of sp³-hybridized carbons (Fsp3) is 0.300. The standard InChI is InChI=1S/C20H24N2O5S/c1-13-6-5-7-17(10-13)22-20(24)16(4)27-19(23)12-21-28(25,26)18-9-8-14(2)15(3)11-18/h5-11,16,21H,12H2,1-4H3,(H,22,24). The molecule has 0 saturated heterocycles. The van der Waals surface area contributed by atoms with Gasteiger partial charge in [0.05, 0.1) is 4.90 Å². The Kier molecular flexibility index (Phi) is 6.93. The summed E-state index contributed by atoms with van der Waals surface area (Å²) < 4.78 is 31.8. The number of esters is 1. The number of benzene rings is 2. The van der Waals surface area contributed by atoms with Gasteiger partial charge in [0, 0.05) is 5.69 Å². The molecule has 2 aromatic rings. The van der Waals surface area contributed by atoms with E-state index < -0.39 is 34.5 Å². The molecule has 8 heteroatoms. The van der Waals surface area contributed by atoms with E-state index in [1.165, 1.54) is 19.1 Å². The molecule has 0 aliphatic heterocycles. The van der Waals surface area contributed by atoms with Gasteiger partial charge in [-0.3, -0.25) is 9.59 Å². The molecule has 2 rings (SSSR count). The van der Waals surface area contributed by atoms with E-state index in [0.29, 0.717) is 5.69 Å². The molecule has 0 saturated carbocycles. The van der Waals surface area contributed by atoms with Gasteiger partial charge in [0.15, 0.2) is 6.10 Å². The molecule has 28 heavy (non-hydrogen) atoms. The Morgan fingerprint density at radius 2 is 1.75 bits per heavy atom. The van der Waals surface area contributed by atoms with Crippen molar-refractivity contribution in [1.82, 2.24) is 4.72 Å². The number of sulfonamides is 1. The highest BCUT2D eigenvalue weighted by atomic mass is 32.2. The zero-order valence-electron chi connectivity index (χ0n) is 16.3. The lowest BCUT2D eigenvalue weighted by atomic mass is 10.1. The van der Waals surface area contributed by atoms with Crippen LogP contribution in [0.25, 0.3) is 0 Å². The molecule has 0 bridgehead atoms. The lowest BCUT2D eigenvalue weighted by molar-refractivity contribution is -0.151. The molecule has 0 aliphatic carbocycles. The van der Waals surface area contributed by atoms with Gasteiger partial charge in [0.1, 0.15) is 6.54 Å². The molecule has 0 spiro atoms. The number of anilines is 1. The SMILES string of the molecule is Cc1cccc(NC(=O)C(C)OC(=O)CNS(=O)(=O)c2ccc(C)c(C)c2)c1. The zero-order valence-corrected chi connectivity index (χ0v) is 17.1. The van der Waals surface area contributed by atoms with E-state index in [1.807, 2.05) is 19.9 Å². The number of rotatable bonds is 7. The van der Waals surface area contributed by atoms with E-state index in [4.69, 9.17) is 4.74 Å². The largest absolute Gasteiger partial charge is 0.452 e. The van der Waals surface area contributed by atoms with Crippen molar-refractivity contribution >= 4 is 27.6 Å². The normalized spacial score (nSPS) is 12.3. The Morgan fingerprint density at radius 1 is 1.04 bits per heavy atom. The van der Waals surface area contributed by atoms with E-state index in [9.17, 15) is 18.0 Å². The lowest BCUT2D eigenvalue weighted by Crippen LogP contribution is -2.35. The van der Waals surface area contributed by atoms with E-state index in [1.54, 1.807) is 31.2 Å². The average Bonchev–Trinajstić information content (AvgIpc) is 2.62. The summed E-state index contributed by atoms with van der Waals surface area (Å²) in [5.41, 5.74) is 3.35. The second-order valence-electron chi connectivity index (χ2n) is 6.56. The zero-order chi connectivity index (χ0) is 20.9. The van der Waals surface area contributed by atoms with Gasteiger partial charge < -0.3 is 10.1 Å². The molecule has 150 valence electrons. The summed E-state index contributed by atoms with van der Waals surface area (Å²) in [6.45, 7) is 6.41. The Balaban J connectivity index is 1.90. The van der Waals surface area contributed by atoms with Crippen molar-refractivity contribution in [3.8, 4) is 0 Å². The summed E-state index contributed by atoms with van der Waals surface area (Å²) in [6, 6.07) is 11.9. The van der Waals surface area contributed by atoms with Gasteiger partial charge in [-0.15, -0.1) is 0 Å². The molecule has 0 heterocycles. The Morgan fingerprint density at radius 3 is 2.39 bits per heavy atom. The maximum atomic E-state index is 12.3. The number of hydrogen-bond acceptors (Lipinski definition) is 5. The van der Waals surface area contributed by atoms with Crippen molar-refractivity contribution < 1.29 is 22.7 Å². The van der Waals surface area contributed by atoms with Crippen LogP contribution in [0.1, 0.15) is 23.6 Å². The molecule has 0 radical (unpaired) electrons. The molecular weight excluding hydrogens is 380 g/mol. The smallest absolute Gasteiger partial charge is 0.321 e. The molecule has 0 aromatic heterocycles. The highest BCUT2D eigenvalue weighted by molar-refractivity contribution is 7.89. The first kappa shape index (κ1) is 21.6. The number of carbonyl (C=O) groups excluding carboxylic acids is 2. The van der Waals surface area contributed by atoms with Crippen LogP contribution in [0.3, 0.4) is 0 Å². The lowest BCUT2D eigenvalue weighted by Gasteiger charge is -2.14. The number of ether oxygens (including phenoxy) is 1. The molecule has 1 unspecified atom stereocenters. The summed E-state index contributed by atoms with van der Waals surface area (Å²) in [5.74, 6) is -1.35. The average molecular weight is 404 g/mol. The second-order valence-corrected chi connectivity index (χ2v) is 8.33. The van der Waals surface area contributed by atoms with Crippen LogP contribution >= 0.6 is 0 Å². The Hall–Kier alpha value is -2.71. The maximum Gasteiger partial charge on any atom is 0.321 e. The molecule has 1 atom stereocenters. The van der Waals surface area contributed by atoms with Crippen molar-refractivity contribution in [1.29, 1.82) is 0 Å². The van der Waals surface area contributed by atoms with Gasteiger partial charge in [-0.25, -0.2) is 8.42 Å². The maximum absolute atomic E-state index is 12.3. The molecular formula is C20H24N2O5S. The van der Waals surface area contributed by atoms with Crippen molar-refractivity contribution in [2.75, 3.05) is 11.9 Å². The summed E-state index contributed by atoms with van der Waals surface area (Å²) in [4.78, 5) is 24.1. The van der Waals surface area contributed by atoms with Gasteiger partial charge in [0.2, 0.25) is 10.0 Å². The van der Waals surface area contributed by atoms with Crippen LogP contribution in [0.15, 0.2) is 47.4 Å². The third-order valence-corrected chi connectivity index (χ3v) is 5.56. The minimum Gasteiger partial charge on any atom is -0.452 e. The summed E-state index contributed by atoms with van der Waals surface area (Å²) in [6.07, 6.45) is -1.07. The fourth-order valence-electron chi connectivity index (χ4n) is 2.38. The van der Waals surface area contributed by atoms with Crippen molar-refractivity contribution in [3.05, 3.63) is 59.2 Å². The first-order valence-corrected chi connectivity index (χ1v) is 10.2. The molecule has 0 fully saturated rings. The number of hydrogen-bond donors (Lipinski definition) is 2. The predicted octanol–water partition coefficient (Wildman–Crippen LogP) is 2.46. The van der Waals surface area contributed by atoms with Crippen molar-refractivity contribution in [2.24, 2.45) is 0 Å². The molecule has 7 nitrogen and oxygen atoms in total. The van der Waals surface area contributed by atoms with Crippen LogP contribution in [0, 0.1) is 20.8 Å². The van der Waals surface area contributed by atoms with Gasteiger partial charge in [-0.05, 0) is 68.7 Å². The van der Waals surface area contributed by atoms with Crippen LogP contribution in [-0.4, -0.2) is 32.9 Å². The molecule has 0 aliphatic rings. The first-order chi connectivity index (χ1) is 13.1. The summed E-state index contributed by atoms with van der Waals surface area (Å²) >= 11 is 0. The number of nitrogens with one attached hydrogen (secondary N) is 2. The second kappa shape index (κ2) is 8.99. The number of amides is 1. The Labute approximate surface area is 165 Å². The minimum atomic E-state index is -3.86. The van der Waals surface area contributed by atoms with Crippen molar-refractivity contribution in [2.45, 2.75) is 38.7 Å². The van der Waals surface area contributed by atoms with Gasteiger partial charge >= 0.3 is 5.97 Å². The van der Waals surface area contributed by atoms with Crippen LogP contribution < -0.4 is 10.0 Å². The molecule has 2 aromatic carbocycles. The monoisotopic (exact) mass is 404 g/mol. The van der Waals surface area contributed by atoms with Crippen LogP contribution in [-0.2, 0) is 24.3 Å². The molecule has 2 N–H and O–H groups in total.